The number of alkyl halides is 1. The molecule has 0 aliphatic rings. The van der Waals surface area contributed by atoms with E-state index in [-0.39, 0.29) is 11.2 Å². The van der Waals surface area contributed by atoms with Crippen LogP contribution >= 0.6 is 15.9 Å². The molecule has 0 saturated heterocycles. The molecule has 0 aliphatic heterocycles. The Hall–Kier alpha value is -0.630. The van der Waals surface area contributed by atoms with E-state index < -0.39 is 0 Å². The van der Waals surface area contributed by atoms with Crippen LogP contribution in [0.2, 0.25) is 0 Å². The Balaban J connectivity index is 3.13. The molecule has 2 heteroatoms. The van der Waals surface area contributed by atoms with E-state index in [2.05, 4.69) is 15.9 Å². The monoisotopic (exact) mass is 254 g/mol. The van der Waals surface area contributed by atoms with Gasteiger partial charge in [0.1, 0.15) is 0 Å². The summed E-state index contributed by atoms with van der Waals surface area (Å²) in [4.78, 5) is 12.0. The van der Waals surface area contributed by atoms with Gasteiger partial charge in [0.2, 0.25) is 0 Å². The molecule has 0 atom stereocenters. The lowest BCUT2D eigenvalue weighted by atomic mass is 9.85. The number of hydrogen-bond acceptors (Lipinski definition) is 1. The Bertz CT molecular complexity index is 336. The number of carbonyl (C=O) groups excluding carboxylic acids is 1. The molecule has 1 rings (SSSR count). The largest absolute Gasteiger partial charge is 0.294 e. The van der Waals surface area contributed by atoms with Crippen LogP contribution in [0.15, 0.2) is 24.3 Å². The van der Waals surface area contributed by atoms with E-state index in [4.69, 9.17) is 0 Å². The van der Waals surface area contributed by atoms with Gasteiger partial charge in [0, 0.05) is 16.3 Å². The van der Waals surface area contributed by atoms with Gasteiger partial charge in [-0.3, -0.25) is 4.79 Å². The van der Waals surface area contributed by atoms with Crippen molar-refractivity contribution in [3.05, 3.63) is 35.4 Å². The van der Waals surface area contributed by atoms with Crippen LogP contribution in [-0.4, -0.2) is 5.78 Å². The lowest BCUT2D eigenvalue weighted by Crippen LogP contribution is -2.21. The number of benzene rings is 1. The molecule has 0 amide bonds. The predicted molar refractivity (Wildman–Crippen MR) is 62.9 cm³/mol. The lowest BCUT2D eigenvalue weighted by molar-refractivity contribution is 0.0857. The number of rotatable bonds is 2. The number of ketones is 1. The Morgan fingerprint density at radius 1 is 1.29 bits per heavy atom. The molecule has 0 heterocycles. The van der Waals surface area contributed by atoms with Crippen molar-refractivity contribution in [1.29, 1.82) is 0 Å². The van der Waals surface area contributed by atoms with Gasteiger partial charge in [-0.25, -0.2) is 0 Å². The van der Waals surface area contributed by atoms with Gasteiger partial charge in [0.15, 0.2) is 5.78 Å². The summed E-state index contributed by atoms with van der Waals surface area (Å²) in [7, 11) is 0. The second-order valence-corrected chi connectivity index (χ2v) is 4.93. The molecule has 1 aromatic rings. The molecule has 1 aromatic carbocycles. The van der Waals surface area contributed by atoms with Gasteiger partial charge in [0.25, 0.3) is 0 Å². The van der Waals surface area contributed by atoms with Crippen LogP contribution in [0.5, 0.6) is 0 Å². The molecule has 1 nitrogen and oxygen atoms in total. The molecule has 14 heavy (non-hydrogen) atoms. The zero-order valence-electron chi connectivity index (χ0n) is 8.80. The summed E-state index contributed by atoms with van der Waals surface area (Å²) in [6, 6.07) is 7.74. The molecule has 0 saturated carbocycles. The Morgan fingerprint density at radius 2 is 1.86 bits per heavy atom. The summed E-state index contributed by atoms with van der Waals surface area (Å²) < 4.78 is 0. The van der Waals surface area contributed by atoms with Crippen LogP contribution in [0, 0.1) is 5.41 Å². The maximum atomic E-state index is 12.0. The lowest BCUT2D eigenvalue weighted by Gasteiger charge is -2.18. The minimum atomic E-state index is -0.307. The van der Waals surface area contributed by atoms with Gasteiger partial charge < -0.3 is 0 Å². The summed E-state index contributed by atoms with van der Waals surface area (Å²) in [5.74, 6) is 0.201. The standard InChI is InChI=1S/C12H15BrO/c1-12(2,3)11(14)10-7-5-4-6-9(10)8-13/h4-7H,8H2,1-3H3. The van der Waals surface area contributed by atoms with Gasteiger partial charge in [-0.2, -0.15) is 0 Å². The minimum Gasteiger partial charge on any atom is -0.294 e. The smallest absolute Gasteiger partial charge is 0.168 e. The highest BCUT2D eigenvalue weighted by Crippen LogP contribution is 2.24. The summed E-state index contributed by atoms with van der Waals surface area (Å²) in [6.45, 7) is 5.83. The molecule has 0 unspecified atom stereocenters. The molecule has 0 N–H and O–H groups in total. The predicted octanol–water partition coefficient (Wildman–Crippen LogP) is 3.81. The summed E-state index contributed by atoms with van der Waals surface area (Å²) in [6.07, 6.45) is 0. The van der Waals surface area contributed by atoms with Crippen molar-refractivity contribution in [2.45, 2.75) is 26.1 Å². The maximum Gasteiger partial charge on any atom is 0.168 e. The minimum absolute atomic E-state index is 0.201. The van der Waals surface area contributed by atoms with Crippen LogP contribution in [0.3, 0.4) is 0 Å². The first-order valence-corrected chi connectivity index (χ1v) is 5.77. The molecular weight excluding hydrogens is 240 g/mol. The highest BCUT2D eigenvalue weighted by Gasteiger charge is 2.24. The van der Waals surface area contributed by atoms with E-state index in [1.807, 2.05) is 45.0 Å². The fourth-order valence-corrected chi connectivity index (χ4v) is 1.75. The highest BCUT2D eigenvalue weighted by molar-refractivity contribution is 9.08. The van der Waals surface area contributed by atoms with E-state index >= 15 is 0 Å². The van der Waals surface area contributed by atoms with Crippen molar-refractivity contribution in [3.8, 4) is 0 Å². The van der Waals surface area contributed by atoms with Crippen molar-refractivity contribution in [3.63, 3.8) is 0 Å². The third-order valence-electron chi connectivity index (χ3n) is 2.09. The fourth-order valence-electron chi connectivity index (χ4n) is 1.26. The molecule has 0 radical (unpaired) electrons. The molecule has 0 aliphatic carbocycles. The fraction of sp³-hybridized carbons (Fsp3) is 0.417. The van der Waals surface area contributed by atoms with E-state index in [0.29, 0.717) is 0 Å². The van der Waals surface area contributed by atoms with Crippen molar-refractivity contribution < 1.29 is 4.79 Å². The molecular formula is C12H15BrO. The molecule has 0 bridgehead atoms. The average molecular weight is 255 g/mol. The summed E-state index contributed by atoms with van der Waals surface area (Å²) in [5, 5.41) is 0.727. The van der Waals surface area contributed by atoms with Crippen molar-refractivity contribution in [2.75, 3.05) is 0 Å². The average Bonchev–Trinajstić information content (AvgIpc) is 2.15. The summed E-state index contributed by atoms with van der Waals surface area (Å²) in [5.41, 5.74) is 1.59. The quantitative estimate of drug-likeness (QED) is 0.580. The molecule has 0 aromatic heterocycles. The first-order valence-electron chi connectivity index (χ1n) is 4.65. The molecule has 76 valence electrons. The van der Waals surface area contributed by atoms with Crippen LogP contribution in [-0.2, 0) is 5.33 Å². The number of carbonyl (C=O) groups is 1. The van der Waals surface area contributed by atoms with E-state index in [9.17, 15) is 4.79 Å². The zero-order valence-corrected chi connectivity index (χ0v) is 10.4. The SMILES string of the molecule is CC(C)(C)C(=O)c1ccccc1CBr. The van der Waals surface area contributed by atoms with Crippen LogP contribution < -0.4 is 0 Å². The second-order valence-electron chi connectivity index (χ2n) is 4.37. The number of halogens is 1. The van der Waals surface area contributed by atoms with Gasteiger partial charge in [-0.1, -0.05) is 61.0 Å². The Kier molecular flexibility index (Phi) is 3.48. The van der Waals surface area contributed by atoms with E-state index in [0.717, 1.165) is 16.5 Å². The molecule has 0 spiro atoms. The second kappa shape index (κ2) is 4.26. The van der Waals surface area contributed by atoms with Crippen molar-refractivity contribution >= 4 is 21.7 Å². The Morgan fingerprint density at radius 3 is 2.36 bits per heavy atom. The first-order chi connectivity index (χ1) is 6.46. The van der Waals surface area contributed by atoms with Crippen molar-refractivity contribution in [1.82, 2.24) is 0 Å². The van der Waals surface area contributed by atoms with E-state index in [1.165, 1.54) is 0 Å². The van der Waals surface area contributed by atoms with Gasteiger partial charge in [0.05, 0.1) is 0 Å². The van der Waals surface area contributed by atoms with Crippen LogP contribution in [0.25, 0.3) is 0 Å². The van der Waals surface area contributed by atoms with Crippen LogP contribution in [0.1, 0.15) is 36.7 Å². The zero-order chi connectivity index (χ0) is 10.8. The Labute approximate surface area is 93.7 Å². The third kappa shape index (κ3) is 2.44. The highest BCUT2D eigenvalue weighted by atomic mass is 79.9. The van der Waals surface area contributed by atoms with Crippen LogP contribution in [0.4, 0.5) is 0 Å². The van der Waals surface area contributed by atoms with Gasteiger partial charge >= 0.3 is 0 Å². The maximum absolute atomic E-state index is 12.0. The summed E-state index contributed by atoms with van der Waals surface area (Å²) >= 11 is 3.39. The first kappa shape index (κ1) is 11.4. The van der Waals surface area contributed by atoms with Gasteiger partial charge in [-0.15, -0.1) is 0 Å². The number of Topliss-reactive ketones (excluding diaryl/α,β-unsaturated/α-hetero) is 1. The van der Waals surface area contributed by atoms with Gasteiger partial charge in [-0.05, 0) is 5.56 Å². The van der Waals surface area contributed by atoms with Crippen molar-refractivity contribution in [2.24, 2.45) is 5.41 Å². The molecule has 0 fully saturated rings. The normalized spacial score (nSPS) is 11.4. The third-order valence-corrected chi connectivity index (χ3v) is 2.69. The topological polar surface area (TPSA) is 17.1 Å². The number of hydrogen-bond donors (Lipinski definition) is 0. The van der Waals surface area contributed by atoms with E-state index in [1.54, 1.807) is 0 Å².